The molecule has 1 aromatic heterocycles. The minimum absolute atomic E-state index is 0.110. The summed E-state index contributed by atoms with van der Waals surface area (Å²) in [6, 6.07) is 6.06. The van der Waals surface area contributed by atoms with Crippen LogP contribution in [0.5, 0.6) is 5.75 Å². The second-order valence-corrected chi connectivity index (χ2v) is 9.36. The SMILES string of the molecule is Cc1cc(-c2ccc(OC[C@H]3COCC[C@@H]3NS(=O)(=O)C3CC3)c(F)c2)no1. The minimum atomic E-state index is -3.30. The highest BCUT2D eigenvalue weighted by atomic mass is 32.2. The van der Waals surface area contributed by atoms with Gasteiger partial charge < -0.3 is 14.0 Å². The summed E-state index contributed by atoms with van der Waals surface area (Å²) in [5.74, 6) is 0.0654. The van der Waals surface area contributed by atoms with E-state index in [0.29, 0.717) is 49.5 Å². The number of halogens is 1. The molecule has 2 aliphatic rings. The number of hydrogen-bond donors (Lipinski definition) is 1. The predicted molar refractivity (Wildman–Crippen MR) is 99.9 cm³/mol. The van der Waals surface area contributed by atoms with Crippen molar-refractivity contribution in [3.05, 3.63) is 35.8 Å². The number of rotatable bonds is 7. The first-order valence-corrected chi connectivity index (χ1v) is 10.9. The Balaban J connectivity index is 1.41. The van der Waals surface area contributed by atoms with Gasteiger partial charge in [-0.2, -0.15) is 0 Å². The Kier molecular flexibility index (Phi) is 5.39. The van der Waals surface area contributed by atoms with Crippen molar-refractivity contribution in [2.45, 2.75) is 37.5 Å². The van der Waals surface area contributed by atoms with Crippen LogP contribution in [0.1, 0.15) is 25.0 Å². The summed E-state index contributed by atoms with van der Waals surface area (Å²) in [4.78, 5) is 0. The first kappa shape index (κ1) is 19.4. The standard InChI is InChI=1S/C19H23FN2O5S/c1-12-8-18(21-27-12)13-2-5-19(16(20)9-13)26-11-14-10-25-7-6-17(14)22-28(23,24)15-3-4-15/h2,5,8-9,14-15,17,22H,3-4,6-7,10-11H2,1H3/t14-,17+/m1/s1. The van der Waals surface area contributed by atoms with Crippen molar-refractivity contribution in [3.8, 4) is 17.0 Å². The lowest BCUT2D eigenvalue weighted by molar-refractivity contribution is 0.0180. The molecular formula is C19H23FN2O5S. The summed E-state index contributed by atoms with van der Waals surface area (Å²) < 4.78 is 57.9. The zero-order valence-corrected chi connectivity index (χ0v) is 16.4. The number of aromatic nitrogens is 1. The topological polar surface area (TPSA) is 90.7 Å². The molecule has 28 heavy (non-hydrogen) atoms. The zero-order chi connectivity index (χ0) is 19.7. The summed E-state index contributed by atoms with van der Waals surface area (Å²) in [6.07, 6.45) is 2.00. The number of benzene rings is 1. The summed E-state index contributed by atoms with van der Waals surface area (Å²) in [7, 11) is -3.30. The molecule has 2 atom stereocenters. The second kappa shape index (κ2) is 7.81. The van der Waals surface area contributed by atoms with E-state index in [2.05, 4.69) is 9.88 Å². The van der Waals surface area contributed by atoms with Crippen molar-refractivity contribution in [1.82, 2.24) is 9.88 Å². The third-order valence-corrected chi connectivity index (χ3v) is 7.04. The van der Waals surface area contributed by atoms with E-state index in [0.717, 1.165) is 0 Å². The maximum atomic E-state index is 14.5. The van der Waals surface area contributed by atoms with E-state index in [-0.39, 0.29) is 29.6 Å². The molecular weight excluding hydrogens is 387 g/mol. The van der Waals surface area contributed by atoms with Gasteiger partial charge in [0.1, 0.15) is 11.5 Å². The lowest BCUT2D eigenvalue weighted by atomic mass is 9.98. The molecule has 2 aromatic rings. The van der Waals surface area contributed by atoms with Gasteiger partial charge in [-0.1, -0.05) is 5.16 Å². The molecule has 2 heterocycles. The molecule has 1 aliphatic heterocycles. The number of ether oxygens (including phenoxy) is 2. The molecule has 152 valence electrons. The van der Waals surface area contributed by atoms with Gasteiger partial charge in [0.2, 0.25) is 10.0 Å². The number of aryl methyl sites for hydroxylation is 1. The normalized spacial score (nSPS) is 22.9. The van der Waals surface area contributed by atoms with Gasteiger partial charge in [-0.25, -0.2) is 17.5 Å². The van der Waals surface area contributed by atoms with Crippen molar-refractivity contribution in [2.75, 3.05) is 19.8 Å². The Morgan fingerprint density at radius 3 is 2.79 bits per heavy atom. The molecule has 1 saturated carbocycles. The Hall–Kier alpha value is -1.97. The first-order chi connectivity index (χ1) is 13.4. The largest absolute Gasteiger partial charge is 0.490 e. The van der Waals surface area contributed by atoms with E-state index in [9.17, 15) is 12.8 Å². The lowest BCUT2D eigenvalue weighted by Gasteiger charge is -2.31. The van der Waals surface area contributed by atoms with Gasteiger partial charge in [0.15, 0.2) is 11.6 Å². The quantitative estimate of drug-likeness (QED) is 0.755. The Bertz CT molecular complexity index is 942. The van der Waals surface area contributed by atoms with E-state index in [1.54, 1.807) is 25.1 Å². The zero-order valence-electron chi connectivity index (χ0n) is 15.6. The van der Waals surface area contributed by atoms with Crippen molar-refractivity contribution in [2.24, 2.45) is 5.92 Å². The van der Waals surface area contributed by atoms with E-state index in [1.165, 1.54) is 6.07 Å². The van der Waals surface area contributed by atoms with Crippen LogP contribution in [0.15, 0.2) is 28.8 Å². The average Bonchev–Trinajstić information content (AvgIpc) is 3.44. The van der Waals surface area contributed by atoms with E-state index in [4.69, 9.17) is 14.0 Å². The fourth-order valence-corrected chi connectivity index (χ4v) is 4.96. The highest BCUT2D eigenvalue weighted by Crippen LogP contribution is 2.30. The summed E-state index contributed by atoms with van der Waals surface area (Å²) in [5, 5.41) is 3.60. The maximum Gasteiger partial charge on any atom is 0.214 e. The summed E-state index contributed by atoms with van der Waals surface area (Å²) >= 11 is 0. The van der Waals surface area contributed by atoms with Crippen LogP contribution >= 0.6 is 0 Å². The molecule has 9 heteroatoms. The van der Waals surface area contributed by atoms with Crippen LogP contribution in [0.2, 0.25) is 0 Å². The van der Waals surface area contributed by atoms with Crippen LogP contribution in [0.25, 0.3) is 11.3 Å². The molecule has 1 aromatic carbocycles. The van der Waals surface area contributed by atoms with Crippen LogP contribution < -0.4 is 9.46 Å². The molecule has 0 unspecified atom stereocenters. The third-order valence-electron chi connectivity index (χ3n) is 5.06. The number of nitrogens with zero attached hydrogens (tertiary/aromatic N) is 1. The molecule has 2 fully saturated rings. The molecule has 1 N–H and O–H groups in total. The molecule has 7 nitrogen and oxygen atoms in total. The molecule has 1 aliphatic carbocycles. The van der Waals surface area contributed by atoms with Crippen LogP contribution in [0.3, 0.4) is 0 Å². The molecule has 0 radical (unpaired) electrons. The van der Waals surface area contributed by atoms with Crippen molar-refractivity contribution in [1.29, 1.82) is 0 Å². The average molecular weight is 410 g/mol. The lowest BCUT2D eigenvalue weighted by Crippen LogP contribution is -2.48. The van der Waals surface area contributed by atoms with Crippen molar-refractivity contribution >= 4 is 10.0 Å². The second-order valence-electron chi connectivity index (χ2n) is 7.37. The minimum Gasteiger partial charge on any atom is -0.490 e. The smallest absolute Gasteiger partial charge is 0.214 e. The van der Waals surface area contributed by atoms with E-state index >= 15 is 0 Å². The fourth-order valence-electron chi connectivity index (χ4n) is 3.28. The van der Waals surface area contributed by atoms with E-state index < -0.39 is 15.8 Å². The van der Waals surface area contributed by atoms with Gasteiger partial charge in [0.25, 0.3) is 0 Å². The summed E-state index contributed by atoms with van der Waals surface area (Å²) in [5.41, 5.74) is 1.15. The maximum absolute atomic E-state index is 14.5. The molecule has 4 rings (SSSR count). The Morgan fingerprint density at radius 2 is 2.11 bits per heavy atom. The van der Waals surface area contributed by atoms with Gasteiger partial charge >= 0.3 is 0 Å². The highest BCUT2D eigenvalue weighted by molar-refractivity contribution is 7.90. The monoisotopic (exact) mass is 410 g/mol. The van der Waals surface area contributed by atoms with Gasteiger partial charge in [0, 0.05) is 30.2 Å². The van der Waals surface area contributed by atoms with Crippen molar-refractivity contribution in [3.63, 3.8) is 0 Å². The van der Waals surface area contributed by atoms with Gasteiger partial charge in [0.05, 0.1) is 18.5 Å². The van der Waals surface area contributed by atoms with E-state index in [1.807, 2.05) is 0 Å². The molecule has 0 bridgehead atoms. The van der Waals surface area contributed by atoms with Gasteiger partial charge in [-0.3, -0.25) is 0 Å². The van der Waals surface area contributed by atoms with Crippen LogP contribution in [0, 0.1) is 18.7 Å². The first-order valence-electron chi connectivity index (χ1n) is 9.37. The number of sulfonamides is 1. The number of nitrogens with one attached hydrogen (secondary N) is 1. The molecule has 1 saturated heterocycles. The number of hydrogen-bond acceptors (Lipinski definition) is 6. The Morgan fingerprint density at radius 1 is 1.29 bits per heavy atom. The van der Waals surface area contributed by atoms with Gasteiger partial charge in [-0.05, 0) is 44.4 Å². The third kappa shape index (κ3) is 4.37. The van der Waals surface area contributed by atoms with Crippen LogP contribution in [-0.4, -0.2) is 44.7 Å². The molecule has 0 amide bonds. The Labute approximate surface area is 163 Å². The molecule has 0 spiro atoms. The van der Waals surface area contributed by atoms with Crippen molar-refractivity contribution < 1.29 is 26.8 Å². The van der Waals surface area contributed by atoms with Gasteiger partial charge in [-0.15, -0.1) is 0 Å². The highest BCUT2D eigenvalue weighted by Gasteiger charge is 2.39. The fraction of sp³-hybridized carbons (Fsp3) is 0.526. The van der Waals surface area contributed by atoms with Crippen LogP contribution in [-0.2, 0) is 14.8 Å². The predicted octanol–water partition coefficient (Wildman–Crippen LogP) is 2.65. The summed E-state index contributed by atoms with van der Waals surface area (Å²) in [6.45, 7) is 2.80. The van der Waals surface area contributed by atoms with Crippen LogP contribution in [0.4, 0.5) is 4.39 Å².